The van der Waals surface area contributed by atoms with Crippen LogP contribution in [0.3, 0.4) is 0 Å². The molecule has 1 aliphatic carbocycles. The molecule has 1 saturated carbocycles. The fraction of sp³-hybridized carbons (Fsp3) is 0.500. The molecule has 1 aliphatic rings. The van der Waals surface area contributed by atoms with Gasteiger partial charge in [-0.1, -0.05) is 13.8 Å². The van der Waals surface area contributed by atoms with E-state index in [-0.39, 0.29) is 0 Å². The zero-order valence-electron chi connectivity index (χ0n) is 8.66. The molecule has 0 aromatic carbocycles. The lowest BCUT2D eigenvalue weighted by molar-refractivity contribution is 0.112. The van der Waals surface area contributed by atoms with Crippen molar-refractivity contribution in [2.45, 2.75) is 38.5 Å². The number of pyridine rings is 1. The van der Waals surface area contributed by atoms with E-state index in [4.69, 9.17) is 0 Å². The van der Waals surface area contributed by atoms with E-state index >= 15 is 0 Å². The molecule has 0 N–H and O–H groups in total. The number of nitrogens with zero attached hydrogens (tertiary/aromatic N) is 1. The van der Waals surface area contributed by atoms with Crippen LogP contribution >= 0.6 is 0 Å². The lowest BCUT2D eigenvalue weighted by Gasteiger charge is -2.08. The quantitative estimate of drug-likeness (QED) is 0.684. The SMILES string of the molecule is CC(C)c1ncc(C2CC2)cc1C=O. The van der Waals surface area contributed by atoms with Gasteiger partial charge in [0.05, 0.1) is 5.69 Å². The van der Waals surface area contributed by atoms with Crippen molar-refractivity contribution >= 4 is 6.29 Å². The average Bonchev–Trinajstić information content (AvgIpc) is 3.00. The van der Waals surface area contributed by atoms with Gasteiger partial charge in [-0.25, -0.2) is 0 Å². The highest BCUT2D eigenvalue weighted by atomic mass is 16.1. The van der Waals surface area contributed by atoms with E-state index in [1.54, 1.807) is 0 Å². The second kappa shape index (κ2) is 3.52. The van der Waals surface area contributed by atoms with E-state index in [0.29, 0.717) is 11.8 Å². The minimum Gasteiger partial charge on any atom is -0.298 e. The minimum atomic E-state index is 0.323. The van der Waals surface area contributed by atoms with Crippen molar-refractivity contribution in [3.05, 3.63) is 29.1 Å². The first-order chi connectivity index (χ1) is 6.72. The highest BCUT2D eigenvalue weighted by Gasteiger charge is 2.24. The first-order valence-electron chi connectivity index (χ1n) is 5.17. The van der Waals surface area contributed by atoms with Gasteiger partial charge >= 0.3 is 0 Å². The second-order valence-corrected chi connectivity index (χ2v) is 4.29. The first kappa shape index (κ1) is 9.38. The van der Waals surface area contributed by atoms with E-state index in [9.17, 15) is 4.79 Å². The smallest absolute Gasteiger partial charge is 0.151 e. The fourth-order valence-electron chi connectivity index (χ4n) is 1.73. The summed E-state index contributed by atoms with van der Waals surface area (Å²) in [5.41, 5.74) is 2.92. The average molecular weight is 189 g/mol. The van der Waals surface area contributed by atoms with E-state index in [2.05, 4.69) is 18.8 Å². The maximum Gasteiger partial charge on any atom is 0.151 e. The van der Waals surface area contributed by atoms with Crippen LogP contribution in [0.15, 0.2) is 12.3 Å². The molecule has 0 radical (unpaired) electrons. The number of carbonyl (C=O) groups is 1. The van der Waals surface area contributed by atoms with Crippen LogP contribution < -0.4 is 0 Å². The van der Waals surface area contributed by atoms with E-state index in [1.807, 2.05) is 12.3 Å². The van der Waals surface area contributed by atoms with Crippen molar-refractivity contribution in [3.63, 3.8) is 0 Å². The van der Waals surface area contributed by atoms with Gasteiger partial charge in [0.15, 0.2) is 6.29 Å². The third-order valence-corrected chi connectivity index (χ3v) is 2.69. The van der Waals surface area contributed by atoms with Gasteiger partial charge in [-0.3, -0.25) is 9.78 Å². The molecule has 2 nitrogen and oxygen atoms in total. The van der Waals surface area contributed by atoms with E-state index in [1.165, 1.54) is 18.4 Å². The summed E-state index contributed by atoms with van der Waals surface area (Å²) in [7, 11) is 0. The van der Waals surface area contributed by atoms with Crippen LogP contribution in [0.2, 0.25) is 0 Å². The maximum atomic E-state index is 10.9. The number of aromatic nitrogens is 1. The summed E-state index contributed by atoms with van der Waals surface area (Å²) in [4.78, 5) is 15.3. The van der Waals surface area contributed by atoms with Gasteiger partial charge in [0.25, 0.3) is 0 Å². The molecule has 0 amide bonds. The van der Waals surface area contributed by atoms with Gasteiger partial charge in [0.1, 0.15) is 0 Å². The first-order valence-corrected chi connectivity index (χ1v) is 5.17. The molecule has 0 bridgehead atoms. The zero-order chi connectivity index (χ0) is 10.1. The molecule has 1 heterocycles. The van der Waals surface area contributed by atoms with Gasteiger partial charge in [0.2, 0.25) is 0 Å². The second-order valence-electron chi connectivity index (χ2n) is 4.29. The Morgan fingerprint density at radius 2 is 2.21 bits per heavy atom. The van der Waals surface area contributed by atoms with Crippen LogP contribution in [0.4, 0.5) is 0 Å². The van der Waals surface area contributed by atoms with E-state index in [0.717, 1.165) is 17.5 Å². The largest absolute Gasteiger partial charge is 0.298 e. The van der Waals surface area contributed by atoms with Gasteiger partial charge in [0, 0.05) is 11.8 Å². The summed E-state index contributed by atoms with van der Waals surface area (Å²) >= 11 is 0. The summed E-state index contributed by atoms with van der Waals surface area (Å²) in [5, 5.41) is 0. The minimum absolute atomic E-state index is 0.323. The van der Waals surface area contributed by atoms with Crippen LogP contribution in [0.25, 0.3) is 0 Å². The summed E-state index contributed by atoms with van der Waals surface area (Å²) in [5.74, 6) is 0.992. The molecule has 0 spiro atoms. The summed E-state index contributed by atoms with van der Waals surface area (Å²) in [6.45, 7) is 4.12. The third kappa shape index (κ3) is 1.69. The Morgan fingerprint density at radius 3 is 2.71 bits per heavy atom. The molecule has 1 aromatic heterocycles. The number of rotatable bonds is 3. The van der Waals surface area contributed by atoms with Crippen molar-refractivity contribution in [2.75, 3.05) is 0 Å². The van der Waals surface area contributed by atoms with Crippen molar-refractivity contribution in [2.24, 2.45) is 0 Å². The maximum absolute atomic E-state index is 10.9. The third-order valence-electron chi connectivity index (χ3n) is 2.69. The molecular formula is C12H15NO. The molecule has 2 rings (SSSR count). The monoisotopic (exact) mass is 189 g/mol. The number of aldehydes is 1. The van der Waals surface area contributed by atoms with Gasteiger partial charge in [-0.05, 0) is 36.3 Å². The molecule has 0 unspecified atom stereocenters. The van der Waals surface area contributed by atoms with Crippen LogP contribution in [-0.4, -0.2) is 11.3 Å². The van der Waals surface area contributed by atoms with Crippen molar-refractivity contribution < 1.29 is 4.79 Å². The highest BCUT2D eigenvalue weighted by molar-refractivity contribution is 5.77. The summed E-state index contributed by atoms with van der Waals surface area (Å²) in [6.07, 6.45) is 5.36. The molecule has 74 valence electrons. The Hall–Kier alpha value is -1.18. The standard InChI is InChI=1S/C12H15NO/c1-8(2)12-11(7-14)5-10(6-13-12)9-3-4-9/h5-9H,3-4H2,1-2H3. The molecule has 1 fully saturated rings. The summed E-state index contributed by atoms with van der Waals surface area (Å²) < 4.78 is 0. The molecule has 0 aliphatic heterocycles. The highest BCUT2D eigenvalue weighted by Crippen LogP contribution is 2.40. The van der Waals surface area contributed by atoms with Crippen molar-refractivity contribution in [1.82, 2.24) is 4.98 Å². The lowest BCUT2D eigenvalue weighted by atomic mass is 10.0. The molecule has 14 heavy (non-hydrogen) atoms. The Bertz CT molecular complexity index is 353. The number of carbonyl (C=O) groups excluding carboxylic acids is 1. The normalized spacial score (nSPS) is 15.9. The van der Waals surface area contributed by atoms with Crippen molar-refractivity contribution in [1.29, 1.82) is 0 Å². The molecule has 0 saturated heterocycles. The molecule has 1 aromatic rings. The van der Waals surface area contributed by atoms with Crippen molar-refractivity contribution in [3.8, 4) is 0 Å². The number of hydrogen-bond acceptors (Lipinski definition) is 2. The Kier molecular flexibility index (Phi) is 2.36. The Balaban J connectivity index is 2.38. The molecule has 0 atom stereocenters. The van der Waals surface area contributed by atoms with Crippen LogP contribution in [-0.2, 0) is 0 Å². The van der Waals surface area contributed by atoms with Gasteiger partial charge in [-0.15, -0.1) is 0 Å². The molecular weight excluding hydrogens is 174 g/mol. The Morgan fingerprint density at radius 1 is 1.50 bits per heavy atom. The fourth-order valence-corrected chi connectivity index (χ4v) is 1.73. The van der Waals surface area contributed by atoms with Crippen LogP contribution in [0.1, 0.15) is 60.1 Å². The predicted octanol–water partition coefficient (Wildman–Crippen LogP) is 2.89. The molecule has 2 heteroatoms. The topological polar surface area (TPSA) is 30.0 Å². The Labute approximate surface area is 84.4 Å². The van der Waals surface area contributed by atoms with E-state index < -0.39 is 0 Å². The van der Waals surface area contributed by atoms with Crippen LogP contribution in [0, 0.1) is 0 Å². The zero-order valence-corrected chi connectivity index (χ0v) is 8.66. The van der Waals surface area contributed by atoms with Crippen LogP contribution in [0.5, 0.6) is 0 Å². The lowest BCUT2D eigenvalue weighted by Crippen LogP contribution is -2.00. The van der Waals surface area contributed by atoms with Gasteiger partial charge in [-0.2, -0.15) is 0 Å². The predicted molar refractivity (Wildman–Crippen MR) is 55.7 cm³/mol. The number of hydrogen-bond donors (Lipinski definition) is 0. The summed E-state index contributed by atoms with van der Waals surface area (Å²) in [6, 6.07) is 2.01. The van der Waals surface area contributed by atoms with Gasteiger partial charge < -0.3 is 0 Å².